The smallest absolute Gasteiger partial charge is 0.139 e. The minimum absolute atomic E-state index is 0.293. The molecule has 5 nitrogen and oxygen atoms in total. The van der Waals surface area contributed by atoms with Gasteiger partial charge >= 0.3 is 0 Å². The minimum Gasteiger partial charge on any atom is -0.341 e. The summed E-state index contributed by atoms with van der Waals surface area (Å²) in [5.74, 6) is 2.25. The Bertz CT molecular complexity index is 1070. The second kappa shape index (κ2) is 6.75. The molecule has 3 heterocycles. The van der Waals surface area contributed by atoms with E-state index in [1.54, 1.807) is 12.3 Å². The molecule has 1 aliphatic carbocycles. The molecule has 1 saturated carbocycles. The van der Waals surface area contributed by atoms with Gasteiger partial charge in [-0.15, -0.1) is 0 Å². The number of imidazole rings is 1. The van der Waals surface area contributed by atoms with Crippen LogP contribution < -0.4 is 5.32 Å². The number of nitrogens with zero attached hydrogens (tertiary/aromatic N) is 3. The summed E-state index contributed by atoms with van der Waals surface area (Å²) in [5, 5.41) is 12.2. The molecule has 2 N–H and O–H groups in total. The first kappa shape index (κ1) is 16.9. The van der Waals surface area contributed by atoms with Crippen molar-refractivity contribution in [2.24, 2.45) is 5.92 Å². The van der Waals surface area contributed by atoms with Crippen molar-refractivity contribution in [2.75, 3.05) is 5.32 Å². The highest BCUT2D eigenvalue weighted by Crippen LogP contribution is 2.44. The number of benzene rings is 1. The van der Waals surface area contributed by atoms with Gasteiger partial charge in [0.15, 0.2) is 0 Å². The molecule has 0 saturated heterocycles. The summed E-state index contributed by atoms with van der Waals surface area (Å²) in [7, 11) is 0. The van der Waals surface area contributed by atoms with Crippen LogP contribution in [0.5, 0.6) is 0 Å². The van der Waals surface area contributed by atoms with Crippen LogP contribution in [-0.2, 0) is 0 Å². The third-order valence-electron chi connectivity index (χ3n) is 5.90. The molecule has 0 unspecified atom stereocenters. The summed E-state index contributed by atoms with van der Waals surface area (Å²) in [6, 6.07) is 10.9. The first-order valence-corrected chi connectivity index (χ1v) is 9.72. The Kier molecular flexibility index (Phi) is 4.09. The van der Waals surface area contributed by atoms with E-state index in [0.29, 0.717) is 29.8 Å². The van der Waals surface area contributed by atoms with E-state index in [1.165, 1.54) is 12.1 Å². The number of nitriles is 1. The number of aromatic amines is 1. The highest BCUT2D eigenvalue weighted by molar-refractivity contribution is 5.94. The fraction of sp³-hybridized carbons (Fsp3) is 0.318. The Balaban J connectivity index is 1.58. The number of hydrogen-bond donors (Lipinski definition) is 2. The molecule has 6 heteroatoms. The second-order valence-corrected chi connectivity index (χ2v) is 7.64. The van der Waals surface area contributed by atoms with Crippen molar-refractivity contribution in [1.82, 2.24) is 15.0 Å². The Hall–Kier alpha value is -3.20. The number of anilines is 2. The van der Waals surface area contributed by atoms with Crippen LogP contribution in [0.4, 0.5) is 15.9 Å². The Morgan fingerprint density at radius 1 is 1.14 bits per heavy atom. The van der Waals surface area contributed by atoms with Crippen LogP contribution in [0.1, 0.15) is 43.8 Å². The fourth-order valence-corrected chi connectivity index (χ4v) is 4.40. The van der Waals surface area contributed by atoms with E-state index in [9.17, 15) is 4.39 Å². The molecule has 3 aromatic rings. The summed E-state index contributed by atoms with van der Waals surface area (Å²) < 4.78 is 13.9. The maximum Gasteiger partial charge on any atom is 0.139 e. The molecule has 1 aliphatic heterocycles. The normalized spacial score (nSPS) is 20.1. The van der Waals surface area contributed by atoms with Crippen molar-refractivity contribution < 1.29 is 4.39 Å². The maximum atomic E-state index is 13.9. The average Bonchev–Trinajstić information content (AvgIpc) is 3.09. The summed E-state index contributed by atoms with van der Waals surface area (Å²) in [6.45, 7) is 0. The average molecular weight is 373 g/mol. The van der Waals surface area contributed by atoms with E-state index >= 15 is 0 Å². The topological polar surface area (TPSA) is 77.4 Å². The largest absolute Gasteiger partial charge is 0.341 e. The van der Waals surface area contributed by atoms with Gasteiger partial charge in [-0.25, -0.2) is 14.4 Å². The lowest BCUT2D eigenvalue weighted by molar-refractivity contribution is 0.324. The van der Waals surface area contributed by atoms with Crippen molar-refractivity contribution in [2.45, 2.75) is 38.0 Å². The predicted octanol–water partition coefficient (Wildman–Crippen LogP) is 5.52. The zero-order chi connectivity index (χ0) is 19.1. The molecule has 0 atom stereocenters. The third-order valence-corrected chi connectivity index (χ3v) is 5.90. The summed E-state index contributed by atoms with van der Waals surface area (Å²) >= 11 is 0. The van der Waals surface area contributed by atoms with E-state index in [0.717, 1.165) is 54.0 Å². The summed E-state index contributed by atoms with van der Waals surface area (Å²) in [4.78, 5) is 13.0. The van der Waals surface area contributed by atoms with E-state index in [4.69, 9.17) is 10.2 Å². The molecule has 28 heavy (non-hydrogen) atoms. The molecule has 2 aromatic heterocycles. The molecule has 1 fully saturated rings. The van der Waals surface area contributed by atoms with Crippen LogP contribution in [0.15, 0.2) is 36.5 Å². The number of rotatable bonds is 2. The lowest BCUT2D eigenvalue weighted by atomic mass is 9.80. The summed E-state index contributed by atoms with van der Waals surface area (Å²) in [5.41, 5.74) is 4.24. The molecule has 0 spiro atoms. The molecule has 5 rings (SSSR count). The van der Waals surface area contributed by atoms with E-state index in [2.05, 4.69) is 21.4 Å². The number of hydrogen-bond acceptors (Lipinski definition) is 4. The van der Waals surface area contributed by atoms with Gasteiger partial charge in [-0.05, 0) is 61.9 Å². The molecular weight excluding hydrogens is 353 g/mol. The molecule has 0 amide bonds. The first-order chi connectivity index (χ1) is 13.7. The standard InChI is InChI=1S/C22H20FN5/c23-15-7-8-16-18(12-15)26-22-17(2-1-11-25-22)20-19(16)27-21(28-20)14-5-3-13(4-6-14)9-10-24/h1-2,7-8,11-14H,3-6,9H2,(H,25,26)(H,27,28). The van der Waals surface area contributed by atoms with Gasteiger partial charge in [0.05, 0.1) is 23.1 Å². The summed E-state index contributed by atoms with van der Waals surface area (Å²) in [6.07, 6.45) is 6.56. The van der Waals surface area contributed by atoms with Crippen LogP contribution in [0.25, 0.3) is 22.5 Å². The van der Waals surface area contributed by atoms with Crippen LogP contribution in [0.3, 0.4) is 0 Å². The van der Waals surface area contributed by atoms with E-state index in [1.807, 2.05) is 12.1 Å². The van der Waals surface area contributed by atoms with Crippen molar-refractivity contribution >= 4 is 11.5 Å². The van der Waals surface area contributed by atoms with Gasteiger partial charge in [0.25, 0.3) is 0 Å². The molecule has 0 bridgehead atoms. The van der Waals surface area contributed by atoms with Crippen molar-refractivity contribution in [1.29, 1.82) is 5.26 Å². The lowest BCUT2D eigenvalue weighted by Gasteiger charge is -2.25. The van der Waals surface area contributed by atoms with E-state index in [-0.39, 0.29) is 5.82 Å². The number of nitrogens with one attached hydrogen (secondary N) is 2. The highest BCUT2D eigenvalue weighted by Gasteiger charge is 2.28. The molecule has 2 aliphatic rings. The Morgan fingerprint density at radius 2 is 2.00 bits per heavy atom. The first-order valence-electron chi connectivity index (χ1n) is 9.72. The lowest BCUT2D eigenvalue weighted by Crippen LogP contribution is -2.14. The number of fused-ring (bicyclic) bond motifs is 5. The third kappa shape index (κ3) is 2.84. The quantitative estimate of drug-likeness (QED) is 0.485. The Labute approximate surface area is 162 Å². The van der Waals surface area contributed by atoms with Crippen LogP contribution in [0.2, 0.25) is 0 Å². The van der Waals surface area contributed by atoms with Gasteiger partial charge in [0, 0.05) is 29.7 Å². The van der Waals surface area contributed by atoms with E-state index < -0.39 is 0 Å². The minimum atomic E-state index is -0.293. The zero-order valence-corrected chi connectivity index (χ0v) is 15.4. The van der Waals surface area contributed by atoms with Gasteiger partial charge in [-0.2, -0.15) is 5.26 Å². The van der Waals surface area contributed by atoms with Gasteiger partial charge in [0.2, 0.25) is 0 Å². The van der Waals surface area contributed by atoms with Gasteiger partial charge < -0.3 is 10.3 Å². The Morgan fingerprint density at radius 3 is 2.82 bits per heavy atom. The number of aromatic nitrogens is 3. The zero-order valence-electron chi connectivity index (χ0n) is 15.4. The number of pyridine rings is 1. The maximum absolute atomic E-state index is 13.9. The highest BCUT2D eigenvalue weighted by atomic mass is 19.1. The molecule has 1 aromatic carbocycles. The van der Waals surface area contributed by atoms with Gasteiger partial charge in [-0.1, -0.05) is 0 Å². The fourth-order valence-electron chi connectivity index (χ4n) is 4.40. The van der Waals surface area contributed by atoms with Crippen molar-refractivity contribution in [3.05, 3.63) is 48.2 Å². The van der Waals surface area contributed by atoms with Gasteiger partial charge in [-0.3, -0.25) is 0 Å². The monoisotopic (exact) mass is 373 g/mol. The van der Waals surface area contributed by atoms with Crippen molar-refractivity contribution in [3.8, 4) is 28.6 Å². The van der Waals surface area contributed by atoms with Crippen LogP contribution in [0, 0.1) is 23.1 Å². The SMILES string of the molecule is N#CCC1CCC(c2nc3c([nH]2)-c2cccnc2Nc2cc(F)ccc2-3)CC1. The van der Waals surface area contributed by atoms with Crippen molar-refractivity contribution in [3.63, 3.8) is 0 Å². The van der Waals surface area contributed by atoms with Crippen LogP contribution in [-0.4, -0.2) is 15.0 Å². The van der Waals surface area contributed by atoms with Gasteiger partial charge in [0.1, 0.15) is 17.5 Å². The number of halogens is 1. The number of H-pyrrole nitrogens is 1. The molecule has 0 radical (unpaired) electrons. The predicted molar refractivity (Wildman–Crippen MR) is 105 cm³/mol. The molecular formula is C22H20FN5. The molecule has 140 valence electrons. The van der Waals surface area contributed by atoms with Crippen LogP contribution >= 0.6 is 0 Å². The second-order valence-electron chi connectivity index (χ2n) is 7.64.